The van der Waals surface area contributed by atoms with E-state index in [1.165, 1.54) is 0 Å². The van der Waals surface area contributed by atoms with Gasteiger partial charge in [-0.25, -0.2) is 4.79 Å². The molecular formula is C9H9IO2S. The Kier molecular flexibility index (Phi) is 4.05. The first-order valence-corrected chi connectivity index (χ1v) is 5.33. The Morgan fingerprint density at radius 3 is 2.85 bits per heavy atom. The summed E-state index contributed by atoms with van der Waals surface area (Å²) in [7, 11) is 0. The highest BCUT2D eigenvalue weighted by molar-refractivity contribution is 14.1. The Morgan fingerprint density at radius 1 is 1.62 bits per heavy atom. The van der Waals surface area contributed by atoms with E-state index in [9.17, 15) is 4.79 Å². The summed E-state index contributed by atoms with van der Waals surface area (Å²) in [5.74, 6) is -0.297. The van der Waals surface area contributed by atoms with Gasteiger partial charge in [0.25, 0.3) is 0 Å². The highest BCUT2D eigenvalue weighted by Crippen LogP contribution is 2.18. The molecule has 70 valence electrons. The maximum Gasteiger partial charge on any atom is 0.338 e. The Morgan fingerprint density at radius 2 is 2.31 bits per heavy atom. The highest BCUT2D eigenvalue weighted by Gasteiger charge is 2.07. The topological polar surface area (TPSA) is 26.3 Å². The summed E-state index contributed by atoms with van der Waals surface area (Å²) in [5.41, 5.74) is 0.548. The lowest BCUT2D eigenvalue weighted by Gasteiger charge is -2.03. The molecule has 0 atom stereocenters. The number of hydrogen-bond donors (Lipinski definition) is 1. The largest absolute Gasteiger partial charge is 0.462 e. The van der Waals surface area contributed by atoms with Crippen LogP contribution in [-0.2, 0) is 4.74 Å². The number of halogens is 1. The van der Waals surface area contributed by atoms with Crippen LogP contribution < -0.4 is 0 Å². The van der Waals surface area contributed by atoms with Gasteiger partial charge in [0.05, 0.1) is 12.2 Å². The number of ether oxygens (including phenoxy) is 1. The third kappa shape index (κ3) is 2.87. The normalized spacial score (nSPS) is 9.77. The van der Waals surface area contributed by atoms with Crippen molar-refractivity contribution in [2.75, 3.05) is 6.61 Å². The minimum atomic E-state index is -0.297. The van der Waals surface area contributed by atoms with E-state index < -0.39 is 0 Å². The minimum Gasteiger partial charge on any atom is -0.462 e. The summed E-state index contributed by atoms with van der Waals surface area (Å²) in [6.07, 6.45) is 0. The zero-order chi connectivity index (χ0) is 9.84. The van der Waals surface area contributed by atoms with Crippen molar-refractivity contribution in [1.29, 1.82) is 0 Å². The third-order valence-electron chi connectivity index (χ3n) is 1.46. The molecule has 0 aromatic heterocycles. The van der Waals surface area contributed by atoms with E-state index in [1.54, 1.807) is 19.1 Å². The van der Waals surface area contributed by atoms with Crippen LogP contribution in [-0.4, -0.2) is 12.6 Å². The first-order valence-electron chi connectivity index (χ1n) is 3.80. The zero-order valence-electron chi connectivity index (χ0n) is 7.08. The van der Waals surface area contributed by atoms with Gasteiger partial charge in [0.1, 0.15) is 0 Å². The number of carbonyl (C=O) groups excluding carboxylic acids is 1. The number of benzene rings is 1. The van der Waals surface area contributed by atoms with Crippen LogP contribution in [0.15, 0.2) is 23.1 Å². The number of hydrogen-bond acceptors (Lipinski definition) is 3. The molecule has 0 radical (unpaired) electrons. The first kappa shape index (κ1) is 10.8. The van der Waals surface area contributed by atoms with Crippen molar-refractivity contribution in [1.82, 2.24) is 0 Å². The molecule has 0 unspecified atom stereocenters. The summed E-state index contributed by atoms with van der Waals surface area (Å²) >= 11 is 6.37. The molecule has 1 aromatic rings. The minimum absolute atomic E-state index is 0.297. The van der Waals surface area contributed by atoms with Gasteiger partial charge in [0.15, 0.2) is 0 Å². The van der Waals surface area contributed by atoms with Gasteiger partial charge in [-0.1, -0.05) is 0 Å². The first-order chi connectivity index (χ1) is 6.15. The lowest BCUT2D eigenvalue weighted by atomic mass is 10.2. The Balaban J connectivity index is 2.90. The second kappa shape index (κ2) is 4.85. The van der Waals surface area contributed by atoms with E-state index >= 15 is 0 Å². The molecule has 0 N–H and O–H groups in total. The van der Waals surface area contributed by atoms with Crippen LogP contribution in [0.25, 0.3) is 0 Å². The summed E-state index contributed by atoms with van der Waals surface area (Å²) in [5, 5.41) is 0. The van der Waals surface area contributed by atoms with Crippen molar-refractivity contribution in [3.8, 4) is 0 Å². The second-order valence-corrected chi connectivity index (χ2v) is 4.03. The van der Waals surface area contributed by atoms with Crippen molar-refractivity contribution in [3.05, 3.63) is 27.3 Å². The number of carbonyl (C=O) groups is 1. The van der Waals surface area contributed by atoms with Crippen LogP contribution in [0.1, 0.15) is 17.3 Å². The van der Waals surface area contributed by atoms with Crippen molar-refractivity contribution in [3.63, 3.8) is 0 Å². The fourth-order valence-corrected chi connectivity index (χ4v) is 1.40. The molecule has 4 heteroatoms. The Labute approximate surface area is 96.2 Å². The molecule has 1 aromatic carbocycles. The van der Waals surface area contributed by atoms with Gasteiger partial charge >= 0.3 is 5.97 Å². The van der Waals surface area contributed by atoms with Crippen molar-refractivity contribution in [2.45, 2.75) is 11.8 Å². The lowest BCUT2D eigenvalue weighted by Crippen LogP contribution is -2.04. The average Bonchev–Trinajstić information content (AvgIpc) is 2.10. The van der Waals surface area contributed by atoms with Crippen molar-refractivity contribution in [2.24, 2.45) is 0 Å². The number of thiol groups is 1. The highest BCUT2D eigenvalue weighted by atomic mass is 127. The zero-order valence-corrected chi connectivity index (χ0v) is 10.1. The van der Waals surface area contributed by atoms with Crippen LogP contribution >= 0.6 is 35.2 Å². The smallest absolute Gasteiger partial charge is 0.338 e. The molecule has 0 fully saturated rings. The van der Waals surface area contributed by atoms with Gasteiger partial charge in [0.2, 0.25) is 0 Å². The molecule has 13 heavy (non-hydrogen) atoms. The predicted octanol–water partition coefficient (Wildman–Crippen LogP) is 2.76. The molecular weight excluding hydrogens is 299 g/mol. The molecule has 0 spiro atoms. The molecule has 0 aliphatic rings. The number of rotatable bonds is 2. The van der Waals surface area contributed by atoms with Gasteiger partial charge in [-0.3, -0.25) is 0 Å². The Hall–Kier alpha value is -0.230. The summed E-state index contributed by atoms with van der Waals surface area (Å²) in [6.45, 7) is 2.18. The maximum atomic E-state index is 11.2. The molecule has 1 rings (SSSR count). The van der Waals surface area contributed by atoms with Crippen LogP contribution in [0.2, 0.25) is 0 Å². The van der Waals surface area contributed by atoms with Crippen molar-refractivity contribution >= 4 is 41.2 Å². The van der Waals surface area contributed by atoms with Gasteiger partial charge in [-0.2, -0.15) is 0 Å². The van der Waals surface area contributed by atoms with Gasteiger partial charge in [0, 0.05) is 8.47 Å². The molecule has 0 aliphatic heterocycles. The molecule has 0 aliphatic carbocycles. The van der Waals surface area contributed by atoms with Crippen LogP contribution in [0.4, 0.5) is 0 Å². The van der Waals surface area contributed by atoms with E-state index in [-0.39, 0.29) is 5.97 Å². The van der Waals surface area contributed by atoms with E-state index in [1.807, 2.05) is 6.07 Å². The summed E-state index contributed by atoms with van der Waals surface area (Å²) in [4.78, 5) is 12.0. The molecule has 0 heterocycles. The average molecular weight is 308 g/mol. The Bertz CT molecular complexity index is 325. The standard InChI is InChI=1S/C9H9IO2S/c1-2-12-9(11)6-3-4-7(10)8(13)5-6/h3-5,13H,2H2,1H3. The van der Waals surface area contributed by atoms with E-state index in [4.69, 9.17) is 4.74 Å². The molecule has 0 bridgehead atoms. The number of esters is 1. The van der Waals surface area contributed by atoms with E-state index in [0.29, 0.717) is 12.2 Å². The molecule has 0 saturated carbocycles. The second-order valence-electron chi connectivity index (χ2n) is 2.39. The van der Waals surface area contributed by atoms with E-state index in [2.05, 4.69) is 35.2 Å². The van der Waals surface area contributed by atoms with Crippen LogP contribution in [0, 0.1) is 3.57 Å². The van der Waals surface area contributed by atoms with Gasteiger partial charge in [-0.15, -0.1) is 12.6 Å². The van der Waals surface area contributed by atoms with Crippen LogP contribution in [0.5, 0.6) is 0 Å². The predicted molar refractivity (Wildman–Crippen MR) is 62.4 cm³/mol. The fourth-order valence-electron chi connectivity index (χ4n) is 0.854. The molecule has 2 nitrogen and oxygen atoms in total. The van der Waals surface area contributed by atoms with Crippen LogP contribution in [0.3, 0.4) is 0 Å². The van der Waals surface area contributed by atoms with Gasteiger partial charge in [-0.05, 0) is 47.7 Å². The molecule has 0 amide bonds. The fraction of sp³-hybridized carbons (Fsp3) is 0.222. The molecule has 0 saturated heterocycles. The van der Waals surface area contributed by atoms with E-state index in [0.717, 1.165) is 8.47 Å². The quantitative estimate of drug-likeness (QED) is 0.516. The maximum absolute atomic E-state index is 11.2. The lowest BCUT2D eigenvalue weighted by molar-refractivity contribution is 0.0526. The van der Waals surface area contributed by atoms with Crippen molar-refractivity contribution < 1.29 is 9.53 Å². The monoisotopic (exact) mass is 308 g/mol. The summed E-state index contributed by atoms with van der Waals surface area (Å²) in [6, 6.07) is 5.29. The van der Waals surface area contributed by atoms with Gasteiger partial charge < -0.3 is 4.74 Å². The summed E-state index contributed by atoms with van der Waals surface area (Å²) < 4.78 is 5.87. The SMILES string of the molecule is CCOC(=O)c1ccc(I)c(S)c1. The third-order valence-corrected chi connectivity index (χ3v) is 3.19.